The van der Waals surface area contributed by atoms with Crippen molar-refractivity contribution in [3.8, 4) is 11.5 Å². The number of aliphatic hydroxyl groups excluding tert-OH is 1. The molecule has 1 N–H and O–H groups in total. The monoisotopic (exact) mass is 465 g/mol. The summed E-state index contributed by atoms with van der Waals surface area (Å²) in [5.41, 5.74) is 2.06. The fourth-order valence-corrected chi connectivity index (χ4v) is 4.63. The van der Waals surface area contributed by atoms with Gasteiger partial charge in [-0.15, -0.1) is 0 Å². The number of rotatable bonds is 8. The molecule has 2 unspecified atom stereocenters. The lowest BCUT2D eigenvalue weighted by atomic mass is 9.94. The molecule has 0 aliphatic carbocycles. The van der Waals surface area contributed by atoms with Crippen LogP contribution in [0.4, 0.5) is 0 Å². The first-order valence-corrected chi connectivity index (χ1v) is 11.8. The second kappa shape index (κ2) is 10.3. The number of aliphatic hydroxyl groups is 1. The average molecular weight is 466 g/mol. The highest BCUT2D eigenvalue weighted by Crippen LogP contribution is 2.41. The predicted molar refractivity (Wildman–Crippen MR) is 128 cm³/mol. The van der Waals surface area contributed by atoms with Crippen molar-refractivity contribution in [1.29, 1.82) is 0 Å². The summed E-state index contributed by atoms with van der Waals surface area (Å²) in [6.45, 7) is 7.62. The number of benzene rings is 2. The van der Waals surface area contributed by atoms with Crippen LogP contribution in [0, 0.1) is 6.92 Å². The fraction of sp³-hybridized carbons (Fsp3) is 0.407. The molecule has 0 spiro atoms. The molecule has 0 bridgehead atoms. The number of carbonyl (C=O) groups excluding carboxylic acids is 2. The maximum atomic E-state index is 13.2. The van der Waals surface area contributed by atoms with Gasteiger partial charge in [0.1, 0.15) is 17.3 Å². The van der Waals surface area contributed by atoms with Gasteiger partial charge in [0, 0.05) is 18.7 Å². The summed E-state index contributed by atoms with van der Waals surface area (Å²) < 4.78 is 17.0. The van der Waals surface area contributed by atoms with E-state index >= 15 is 0 Å². The molecule has 7 nitrogen and oxygen atoms in total. The van der Waals surface area contributed by atoms with Crippen molar-refractivity contribution < 1.29 is 28.9 Å². The number of carbonyl (C=O) groups is 2. The van der Waals surface area contributed by atoms with E-state index in [2.05, 4.69) is 0 Å². The fourth-order valence-electron chi connectivity index (χ4n) is 4.63. The molecular formula is C27H31NO6. The summed E-state index contributed by atoms with van der Waals surface area (Å²) in [7, 11) is 0. The Morgan fingerprint density at radius 1 is 1.12 bits per heavy atom. The first kappa shape index (κ1) is 23.8. The zero-order valence-electron chi connectivity index (χ0n) is 19.9. The Morgan fingerprint density at radius 2 is 1.91 bits per heavy atom. The SMILES string of the molecule is CCOc1cccc(C2/C(=C(\O)c3ccc(OCC)c(C)c3)C(=O)C(=O)N2CC2CCCO2)c1. The maximum absolute atomic E-state index is 13.2. The number of likely N-dealkylation sites (tertiary alicyclic amines) is 1. The van der Waals surface area contributed by atoms with Crippen LogP contribution in [0.2, 0.25) is 0 Å². The van der Waals surface area contributed by atoms with Crippen LogP contribution in [-0.4, -0.2) is 54.2 Å². The maximum Gasteiger partial charge on any atom is 0.295 e. The minimum Gasteiger partial charge on any atom is -0.507 e. The van der Waals surface area contributed by atoms with Crippen LogP contribution in [0.1, 0.15) is 49.4 Å². The van der Waals surface area contributed by atoms with Crippen LogP contribution in [0.3, 0.4) is 0 Å². The van der Waals surface area contributed by atoms with Crippen molar-refractivity contribution in [3.63, 3.8) is 0 Å². The van der Waals surface area contributed by atoms with Crippen LogP contribution in [-0.2, 0) is 14.3 Å². The summed E-state index contributed by atoms with van der Waals surface area (Å²) in [6, 6.07) is 11.8. The Bertz CT molecular complexity index is 1100. The number of Topliss-reactive ketones (excluding diaryl/α,β-unsaturated/α-hetero) is 1. The molecule has 0 saturated carbocycles. The minimum atomic E-state index is -0.739. The molecule has 4 rings (SSSR count). The normalized spacial score (nSPS) is 21.8. The van der Waals surface area contributed by atoms with Gasteiger partial charge in [-0.25, -0.2) is 0 Å². The van der Waals surface area contributed by atoms with Gasteiger partial charge < -0.3 is 24.2 Å². The molecule has 2 aliphatic rings. The third-order valence-corrected chi connectivity index (χ3v) is 6.20. The standard InChI is InChI=1S/C27H31NO6/c1-4-32-20-9-6-8-18(15-20)24-23(25(29)19-11-12-22(33-5-2)17(3)14-19)26(30)27(31)28(24)16-21-10-7-13-34-21/h6,8-9,11-12,14-15,21,24,29H,4-5,7,10,13,16H2,1-3H3/b25-23+. The van der Waals surface area contributed by atoms with E-state index in [1.165, 1.54) is 4.90 Å². The molecule has 2 aliphatic heterocycles. The van der Waals surface area contributed by atoms with E-state index in [1.807, 2.05) is 45.0 Å². The lowest BCUT2D eigenvalue weighted by Gasteiger charge is -2.27. The molecule has 2 heterocycles. The van der Waals surface area contributed by atoms with Gasteiger partial charge in [0.05, 0.1) is 30.9 Å². The van der Waals surface area contributed by atoms with Crippen molar-refractivity contribution in [1.82, 2.24) is 4.90 Å². The zero-order valence-corrected chi connectivity index (χ0v) is 19.9. The Labute approximate surface area is 199 Å². The van der Waals surface area contributed by atoms with Gasteiger partial charge in [-0.05, 0) is 75.1 Å². The van der Waals surface area contributed by atoms with E-state index in [1.54, 1.807) is 18.2 Å². The quantitative estimate of drug-likeness (QED) is 0.354. The Balaban J connectivity index is 1.81. The molecule has 34 heavy (non-hydrogen) atoms. The molecule has 2 saturated heterocycles. The lowest BCUT2D eigenvalue weighted by Crippen LogP contribution is -2.36. The van der Waals surface area contributed by atoms with Gasteiger partial charge in [-0.3, -0.25) is 9.59 Å². The van der Waals surface area contributed by atoms with Crippen LogP contribution in [0.5, 0.6) is 11.5 Å². The molecule has 180 valence electrons. The Kier molecular flexibility index (Phi) is 7.22. The molecule has 2 aromatic rings. The van der Waals surface area contributed by atoms with Gasteiger partial charge in [-0.1, -0.05) is 12.1 Å². The minimum absolute atomic E-state index is 0.0696. The highest BCUT2D eigenvalue weighted by atomic mass is 16.5. The van der Waals surface area contributed by atoms with Gasteiger partial charge in [0.2, 0.25) is 0 Å². The zero-order chi connectivity index (χ0) is 24.2. The van der Waals surface area contributed by atoms with Crippen molar-refractivity contribution in [2.45, 2.75) is 45.8 Å². The third kappa shape index (κ3) is 4.66. The van der Waals surface area contributed by atoms with E-state index < -0.39 is 17.7 Å². The molecule has 2 atom stereocenters. The molecule has 7 heteroatoms. The van der Waals surface area contributed by atoms with Crippen molar-refractivity contribution in [3.05, 3.63) is 64.7 Å². The number of ketones is 1. The topological polar surface area (TPSA) is 85.3 Å². The van der Waals surface area contributed by atoms with Gasteiger partial charge >= 0.3 is 0 Å². The van der Waals surface area contributed by atoms with E-state index in [0.29, 0.717) is 42.4 Å². The molecule has 0 radical (unpaired) electrons. The number of hydrogen-bond acceptors (Lipinski definition) is 6. The second-order valence-electron chi connectivity index (χ2n) is 8.51. The van der Waals surface area contributed by atoms with Crippen LogP contribution < -0.4 is 9.47 Å². The number of amides is 1. The third-order valence-electron chi connectivity index (χ3n) is 6.20. The molecule has 1 amide bonds. The first-order valence-electron chi connectivity index (χ1n) is 11.8. The van der Waals surface area contributed by atoms with Gasteiger partial charge in [0.15, 0.2) is 0 Å². The summed E-state index contributed by atoms with van der Waals surface area (Å²) in [4.78, 5) is 27.9. The van der Waals surface area contributed by atoms with E-state index in [9.17, 15) is 14.7 Å². The van der Waals surface area contributed by atoms with Crippen molar-refractivity contribution >= 4 is 17.4 Å². The van der Waals surface area contributed by atoms with Gasteiger partial charge in [0.25, 0.3) is 11.7 Å². The Morgan fingerprint density at radius 3 is 2.59 bits per heavy atom. The lowest BCUT2D eigenvalue weighted by molar-refractivity contribution is -0.140. The molecule has 2 fully saturated rings. The van der Waals surface area contributed by atoms with Crippen molar-refractivity contribution in [2.24, 2.45) is 0 Å². The van der Waals surface area contributed by atoms with E-state index in [-0.39, 0.29) is 24.0 Å². The van der Waals surface area contributed by atoms with Crippen LogP contribution in [0.25, 0.3) is 5.76 Å². The van der Waals surface area contributed by atoms with Gasteiger partial charge in [-0.2, -0.15) is 0 Å². The number of hydrogen-bond donors (Lipinski definition) is 1. The van der Waals surface area contributed by atoms with Crippen LogP contribution in [0.15, 0.2) is 48.0 Å². The van der Waals surface area contributed by atoms with E-state index in [4.69, 9.17) is 14.2 Å². The highest BCUT2D eigenvalue weighted by molar-refractivity contribution is 6.46. The highest BCUT2D eigenvalue weighted by Gasteiger charge is 2.47. The molecular weight excluding hydrogens is 434 g/mol. The Hall–Kier alpha value is -3.32. The van der Waals surface area contributed by atoms with Crippen LogP contribution >= 0.6 is 0 Å². The summed E-state index contributed by atoms with van der Waals surface area (Å²) in [5.74, 6) is -0.190. The molecule has 2 aromatic carbocycles. The largest absolute Gasteiger partial charge is 0.507 e. The summed E-state index contributed by atoms with van der Waals surface area (Å²) in [5, 5.41) is 11.3. The van der Waals surface area contributed by atoms with Crippen molar-refractivity contribution in [2.75, 3.05) is 26.4 Å². The number of nitrogens with zero attached hydrogens (tertiary/aromatic N) is 1. The number of aryl methyl sites for hydroxylation is 1. The number of ether oxygens (including phenoxy) is 3. The average Bonchev–Trinajstić information content (AvgIpc) is 3.43. The second-order valence-corrected chi connectivity index (χ2v) is 8.51. The first-order chi connectivity index (χ1) is 16.4. The summed E-state index contributed by atoms with van der Waals surface area (Å²) >= 11 is 0. The smallest absolute Gasteiger partial charge is 0.295 e. The predicted octanol–water partition coefficient (Wildman–Crippen LogP) is 4.39. The van der Waals surface area contributed by atoms with E-state index in [0.717, 1.165) is 18.4 Å². The molecule has 0 aromatic heterocycles. The summed E-state index contributed by atoms with van der Waals surface area (Å²) in [6.07, 6.45) is 1.61.